The molecule has 146 valence electrons. The van der Waals surface area contributed by atoms with E-state index in [1.165, 1.54) is 19.0 Å². The van der Waals surface area contributed by atoms with Crippen molar-refractivity contribution in [3.05, 3.63) is 53.6 Å². The Morgan fingerprint density at radius 2 is 1.67 bits per heavy atom. The number of benzene rings is 2. The lowest BCUT2D eigenvalue weighted by atomic mass is 10.2. The van der Waals surface area contributed by atoms with Crippen molar-refractivity contribution in [1.82, 2.24) is 0 Å². The third-order valence-corrected chi connectivity index (χ3v) is 4.95. The Balaban J connectivity index is 2.26. The fourth-order valence-corrected chi connectivity index (χ4v) is 3.53. The minimum absolute atomic E-state index is 0.0983. The van der Waals surface area contributed by atoms with Gasteiger partial charge in [0.2, 0.25) is 15.9 Å². The molecule has 2 aromatic carbocycles. The quantitative estimate of drug-likeness (QED) is 0.814. The van der Waals surface area contributed by atoms with Crippen LogP contribution in [0.3, 0.4) is 0 Å². The summed E-state index contributed by atoms with van der Waals surface area (Å²) in [6.45, 7) is 1.19. The van der Waals surface area contributed by atoms with Crippen LogP contribution < -0.4 is 14.5 Å². The van der Waals surface area contributed by atoms with E-state index in [1.807, 2.05) is 0 Å². The van der Waals surface area contributed by atoms with Crippen molar-refractivity contribution in [2.45, 2.75) is 6.92 Å². The van der Waals surface area contributed by atoms with Gasteiger partial charge in [-0.25, -0.2) is 17.2 Å². The number of para-hydroxylation sites is 1. The number of carbonyl (C=O) groups excluding carboxylic acids is 1. The second-order valence-corrected chi connectivity index (χ2v) is 8.19. The zero-order chi connectivity index (χ0) is 20.4. The Labute approximate surface area is 157 Å². The van der Waals surface area contributed by atoms with E-state index in [4.69, 9.17) is 0 Å². The monoisotopic (exact) mass is 397 g/mol. The molecule has 0 aromatic heterocycles. The number of amides is 1. The number of rotatable bonds is 6. The molecule has 0 fully saturated rings. The molecule has 0 aliphatic rings. The molecule has 1 amide bonds. The van der Waals surface area contributed by atoms with Gasteiger partial charge in [-0.2, -0.15) is 0 Å². The summed E-state index contributed by atoms with van der Waals surface area (Å²) >= 11 is 0. The maximum Gasteiger partial charge on any atom is 0.245 e. The molecule has 27 heavy (non-hydrogen) atoms. The van der Waals surface area contributed by atoms with E-state index < -0.39 is 34.1 Å². The summed E-state index contributed by atoms with van der Waals surface area (Å²) in [4.78, 5) is 13.6. The minimum Gasteiger partial charge on any atom is -0.373 e. The average molecular weight is 397 g/mol. The molecular weight excluding hydrogens is 376 g/mol. The molecule has 2 aromatic rings. The second kappa shape index (κ2) is 7.91. The van der Waals surface area contributed by atoms with Crippen LogP contribution in [0.15, 0.2) is 36.4 Å². The van der Waals surface area contributed by atoms with Crippen molar-refractivity contribution in [2.24, 2.45) is 0 Å². The molecule has 1 N–H and O–H groups in total. The molecule has 0 saturated heterocycles. The lowest BCUT2D eigenvalue weighted by molar-refractivity contribution is -0.114. The highest BCUT2D eigenvalue weighted by atomic mass is 32.2. The lowest BCUT2D eigenvalue weighted by Crippen LogP contribution is -2.37. The Kier molecular flexibility index (Phi) is 6.04. The van der Waals surface area contributed by atoms with Gasteiger partial charge in [0, 0.05) is 19.8 Å². The molecule has 0 spiro atoms. The van der Waals surface area contributed by atoms with E-state index in [-0.39, 0.29) is 11.4 Å². The van der Waals surface area contributed by atoms with Crippen LogP contribution in [0, 0.1) is 18.6 Å². The maximum absolute atomic E-state index is 14.0. The SMILES string of the molecule is Cc1ccccc1N(CC(=O)Nc1cc(F)c(N(C)C)c(F)c1)S(C)(=O)=O. The van der Waals surface area contributed by atoms with Crippen LogP contribution in [0.1, 0.15) is 5.56 Å². The van der Waals surface area contributed by atoms with E-state index >= 15 is 0 Å². The molecule has 0 aliphatic carbocycles. The number of carbonyl (C=O) groups is 1. The topological polar surface area (TPSA) is 69.7 Å². The maximum atomic E-state index is 14.0. The van der Waals surface area contributed by atoms with Gasteiger partial charge in [-0.1, -0.05) is 18.2 Å². The predicted molar refractivity (Wildman–Crippen MR) is 103 cm³/mol. The first-order valence-corrected chi connectivity index (χ1v) is 9.85. The summed E-state index contributed by atoms with van der Waals surface area (Å²) in [5, 5.41) is 2.34. The molecule has 2 rings (SSSR count). The summed E-state index contributed by atoms with van der Waals surface area (Å²) < 4.78 is 53.3. The zero-order valence-electron chi connectivity index (χ0n) is 15.5. The van der Waals surface area contributed by atoms with Crippen LogP contribution in [0.4, 0.5) is 25.8 Å². The molecule has 0 atom stereocenters. The van der Waals surface area contributed by atoms with E-state index in [9.17, 15) is 22.0 Å². The highest BCUT2D eigenvalue weighted by Gasteiger charge is 2.23. The summed E-state index contributed by atoms with van der Waals surface area (Å²) in [7, 11) is -0.760. The average Bonchev–Trinajstić information content (AvgIpc) is 2.51. The van der Waals surface area contributed by atoms with Crippen molar-refractivity contribution in [2.75, 3.05) is 41.4 Å². The molecule has 0 aliphatic heterocycles. The number of halogens is 2. The van der Waals surface area contributed by atoms with Gasteiger partial charge in [-0.15, -0.1) is 0 Å². The highest BCUT2D eigenvalue weighted by molar-refractivity contribution is 7.92. The normalized spacial score (nSPS) is 11.2. The fourth-order valence-electron chi connectivity index (χ4n) is 2.62. The summed E-state index contributed by atoms with van der Waals surface area (Å²) in [6.07, 6.45) is 0.984. The van der Waals surface area contributed by atoms with Gasteiger partial charge < -0.3 is 10.2 Å². The molecule has 0 heterocycles. The molecule has 0 saturated carbocycles. The third-order valence-electron chi connectivity index (χ3n) is 3.82. The van der Waals surface area contributed by atoms with Gasteiger partial charge in [-0.05, 0) is 30.7 Å². The first kappa shape index (κ1) is 20.6. The third kappa shape index (κ3) is 4.94. The summed E-state index contributed by atoms with van der Waals surface area (Å²) in [5.41, 5.74) is 0.697. The van der Waals surface area contributed by atoms with Crippen LogP contribution in [0.5, 0.6) is 0 Å². The Hall–Kier alpha value is -2.68. The number of nitrogens with one attached hydrogen (secondary N) is 1. The second-order valence-electron chi connectivity index (χ2n) is 6.29. The van der Waals surface area contributed by atoms with Crippen molar-refractivity contribution in [3.8, 4) is 0 Å². The van der Waals surface area contributed by atoms with Gasteiger partial charge >= 0.3 is 0 Å². The van der Waals surface area contributed by atoms with Gasteiger partial charge in [0.15, 0.2) is 11.6 Å². The Bertz CT molecular complexity index is 939. The van der Waals surface area contributed by atoms with Crippen molar-refractivity contribution in [1.29, 1.82) is 0 Å². The number of nitrogens with zero attached hydrogens (tertiary/aromatic N) is 2. The summed E-state index contributed by atoms with van der Waals surface area (Å²) in [5.74, 6) is -2.40. The smallest absolute Gasteiger partial charge is 0.245 e. The van der Waals surface area contributed by atoms with Crippen LogP contribution in [-0.2, 0) is 14.8 Å². The van der Waals surface area contributed by atoms with Crippen molar-refractivity contribution < 1.29 is 22.0 Å². The van der Waals surface area contributed by atoms with Gasteiger partial charge in [0.05, 0.1) is 11.9 Å². The zero-order valence-corrected chi connectivity index (χ0v) is 16.3. The first-order valence-electron chi connectivity index (χ1n) is 8.00. The van der Waals surface area contributed by atoms with E-state index in [2.05, 4.69) is 5.32 Å². The lowest BCUT2D eigenvalue weighted by Gasteiger charge is -2.23. The Morgan fingerprint density at radius 1 is 1.11 bits per heavy atom. The standard InChI is InChI=1S/C18H21F2N3O3S/c1-12-7-5-6-8-16(12)23(27(4,25)26)11-17(24)21-13-9-14(19)18(22(2)3)15(20)10-13/h5-10H,11H2,1-4H3,(H,21,24). The van der Waals surface area contributed by atoms with Gasteiger partial charge in [0.1, 0.15) is 12.2 Å². The van der Waals surface area contributed by atoms with Crippen molar-refractivity contribution in [3.63, 3.8) is 0 Å². The van der Waals surface area contributed by atoms with E-state index in [0.29, 0.717) is 11.3 Å². The van der Waals surface area contributed by atoms with Crippen molar-refractivity contribution >= 4 is 33.0 Å². The number of hydrogen-bond acceptors (Lipinski definition) is 4. The molecule has 0 unspecified atom stereocenters. The van der Waals surface area contributed by atoms with E-state index in [0.717, 1.165) is 22.7 Å². The first-order chi connectivity index (χ1) is 12.5. The van der Waals surface area contributed by atoms with Gasteiger partial charge in [0.25, 0.3) is 0 Å². The van der Waals surface area contributed by atoms with Crippen LogP contribution in [0.25, 0.3) is 0 Å². The van der Waals surface area contributed by atoms with Crippen LogP contribution in [0.2, 0.25) is 0 Å². The number of sulfonamides is 1. The fraction of sp³-hybridized carbons (Fsp3) is 0.278. The number of anilines is 3. The van der Waals surface area contributed by atoms with Crippen LogP contribution >= 0.6 is 0 Å². The number of hydrogen-bond donors (Lipinski definition) is 1. The molecule has 0 radical (unpaired) electrons. The number of aryl methyl sites for hydroxylation is 1. The molecule has 6 nitrogen and oxygen atoms in total. The molecule has 0 bridgehead atoms. The summed E-state index contributed by atoms with van der Waals surface area (Å²) in [6, 6.07) is 8.66. The largest absolute Gasteiger partial charge is 0.373 e. The Morgan fingerprint density at radius 3 is 2.15 bits per heavy atom. The van der Waals surface area contributed by atoms with Crippen LogP contribution in [-0.4, -0.2) is 41.2 Å². The van der Waals surface area contributed by atoms with Gasteiger partial charge in [-0.3, -0.25) is 9.10 Å². The molecule has 9 heteroatoms. The minimum atomic E-state index is -3.74. The molecular formula is C18H21F2N3O3S. The predicted octanol–water partition coefficient (Wildman–Crippen LogP) is 2.74. The van der Waals surface area contributed by atoms with E-state index in [1.54, 1.807) is 31.2 Å². The highest BCUT2D eigenvalue weighted by Crippen LogP contribution is 2.26.